The van der Waals surface area contributed by atoms with Crippen molar-refractivity contribution in [3.05, 3.63) is 70.7 Å². The second-order valence-electron chi connectivity index (χ2n) is 6.53. The van der Waals surface area contributed by atoms with Gasteiger partial charge in [0.25, 0.3) is 11.5 Å². The molecule has 1 N–H and O–H groups in total. The van der Waals surface area contributed by atoms with Crippen LogP contribution < -0.4 is 10.3 Å². The van der Waals surface area contributed by atoms with Crippen LogP contribution in [0.25, 0.3) is 11.3 Å². The van der Waals surface area contributed by atoms with Crippen molar-refractivity contribution in [2.24, 2.45) is 0 Å². The van der Waals surface area contributed by atoms with Crippen molar-refractivity contribution >= 4 is 5.91 Å². The second kappa shape index (κ2) is 7.59. The third kappa shape index (κ3) is 3.48. The first-order chi connectivity index (χ1) is 13.7. The Morgan fingerprint density at radius 2 is 2.07 bits per heavy atom. The van der Waals surface area contributed by atoms with E-state index in [-0.39, 0.29) is 17.4 Å². The Bertz CT molecular complexity index is 1050. The molecule has 0 saturated carbocycles. The maximum atomic E-state index is 12.6. The molecule has 1 saturated heterocycles. The number of nitrogens with one attached hydrogen (secondary N) is 1. The van der Waals surface area contributed by atoms with Gasteiger partial charge in [-0.2, -0.15) is 0 Å². The zero-order chi connectivity index (χ0) is 19.5. The lowest BCUT2D eigenvalue weighted by molar-refractivity contribution is 0.0784. The molecule has 0 aliphatic carbocycles. The number of aromatic amines is 1. The molecule has 0 bridgehead atoms. The van der Waals surface area contributed by atoms with Crippen molar-refractivity contribution in [2.75, 3.05) is 20.2 Å². The van der Waals surface area contributed by atoms with E-state index in [1.807, 2.05) is 6.07 Å². The minimum atomic E-state index is -0.250. The van der Waals surface area contributed by atoms with Crippen LogP contribution in [0.5, 0.6) is 5.88 Å². The molecule has 0 radical (unpaired) electrons. The molecule has 1 fully saturated rings. The van der Waals surface area contributed by atoms with Gasteiger partial charge < -0.3 is 14.6 Å². The van der Waals surface area contributed by atoms with Gasteiger partial charge in [-0.15, -0.1) is 0 Å². The summed E-state index contributed by atoms with van der Waals surface area (Å²) in [4.78, 5) is 42.3. The number of carbonyl (C=O) groups is 1. The number of aromatic nitrogens is 4. The number of rotatable bonds is 4. The summed E-state index contributed by atoms with van der Waals surface area (Å²) < 4.78 is 5.28. The quantitative estimate of drug-likeness (QED) is 0.745. The molecule has 3 aromatic rings. The third-order valence-electron chi connectivity index (χ3n) is 4.75. The number of pyridine rings is 2. The van der Waals surface area contributed by atoms with Gasteiger partial charge in [0, 0.05) is 37.5 Å². The molecule has 0 unspecified atom stereocenters. The number of carbonyl (C=O) groups excluding carboxylic acids is 1. The van der Waals surface area contributed by atoms with Crippen molar-refractivity contribution < 1.29 is 9.53 Å². The Hall–Kier alpha value is -3.55. The topological polar surface area (TPSA) is 101 Å². The van der Waals surface area contributed by atoms with Gasteiger partial charge in [0.2, 0.25) is 5.88 Å². The van der Waals surface area contributed by atoms with Gasteiger partial charge in [0.15, 0.2) is 0 Å². The molecule has 1 amide bonds. The predicted molar refractivity (Wildman–Crippen MR) is 102 cm³/mol. The standard InChI is InChI=1S/C20H19N5O3/c1-28-19-14(5-4-9-22-19)16-11-17(26)24-18(23-16)13-7-10-25(12-13)20(27)15-6-2-3-8-21-15/h2-6,8-9,11,13H,7,10,12H2,1H3,(H,23,24,26)/t13-/m0/s1. The Kier molecular flexibility index (Phi) is 4.84. The molecule has 142 valence electrons. The highest BCUT2D eigenvalue weighted by atomic mass is 16.5. The van der Waals surface area contributed by atoms with Gasteiger partial charge in [-0.3, -0.25) is 14.6 Å². The summed E-state index contributed by atoms with van der Waals surface area (Å²) in [6.07, 6.45) is 3.94. The van der Waals surface area contributed by atoms with Crippen molar-refractivity contribution in [1.29, 1.82) is 0 Å². The van der Waals surface area contributed by atoms with Gasteiger partial charge in [0.1, 0.15) is 11.5 Å². The van der Waals surface area contributed by atoms with Gasteiger partial charge >= 0.3 is 0 Å². The largest absolute Gasteiger partial charge is 0.481 e. The lowest BCUT2D eigenvalue weighted by atomic mass is 10.1. The van der Waals surface area contributed by atoms with Crippen LogP contribution in [-0.2, 0) is 0 Å². The number of hydrogen-bond acceptors (Lipinski definition) is 6. The normalized spacial score (nSPS) is 16.2. The Morgan fingerprint density at radius 3 is 2.86 bits per heavy atom. The first-order valence-corrected chi connectivity index (χ1v) is 8.96. The highest BCUT2D eigenvalue weighted by molar-refractivity contribution is 5.92. The van der Waals surface area contributed by atoms with Crippen LogP contribution in [0.1, 0.15) is 28.7 Å². The Balaban J connectivity index is 1.60. The van der Waals surface area contributed by atoms with E-state index in [4.69, 9.17) is 4.74 Å². The van der Waals surface area contributed by atoms with Crippen LogP contribution in [-0.4, -0.2) is 50.9 Å². The van der Waals surface area contributed by atoms with E-state index in [0.29, 0.717) is 41.7 Å². The van der Waals surface area contributed by atoms with E-state index in [1.54, 1.807) is 41.6 Å². The fourth-order valence-electron chi connectivity index (χ4n) is 3.38. The van der Waals surface area contributed by atoms with Gasteiger partial charge in [-0.05, 0) is 30.7 Å². The van der Waals surface area contributed by atoms with E-state index >= 15 is 0 Å². The predicted octanol–water partition coefficient (Wildman–Crippen LogP) is 1.87. The molecule has 4 rings (SSSR count). The van der Waals surface area contributed by atoms with Gasteiger partial charge in [-0.25, -0.2) is 9.97 Å². The number of ether oxygens (including phenoxy) is 1. The molecule has 1 aliphatic rings. The summed E-state index contributed by atoms with van der Waals surface area (Å²) in [5, 5.41) is 0. The summed E-state index contributed by atoms with van der Waals surface area (Å²) in [6, 6.07) is 10.3. The lowest BCUT2D eigenvalue weighted by Crippen LogP contribution is -2.29. The maximum absolute atomic E-state index is 12.6. The molecule has 4 heterocycles. The third-order valence-corrected chi connectivity index (χ3v) is 4.75. The van der Waals surface area contributed by atoms with E-state index in [0.717, 1.165) is 6.42 Å². The molecule has 8 heteroatoms. The average Bonchev–Trinajstić information content (AvgIpc) is 3.23. The number of methoxy groups -OCH3 is 1. The minimum Gasteiger partial charge on any atom is -0.481 e. The number of hydrogen-bond donors (Lipinski definition) is 1. The van der Waals surface area contributed by atoms with Crippen LogP contribution >= 0.6 is 0 Å². The van der Waals surface area contributed by atoms with E-state index in [2.05, 4.69) is 19.9 Å². The Morgan fingerprint density at radius 1 is 1.21 bits per heavy atom. The van der Waals surface area contributed by atoms with E-state index in [1.165, 1.54) is 13.2 Å². The molecule has 8 nitrogen and oxygen atoms in total. The van der Waals surface area contributed by atoms with Crippen molar-refractivity contribution in [3.8, 4) is 17.1 Å². The van der Waals surface area contributed by atoms with Crippen LogP contribution in [0.3, 0.4) is 0 Å². The lowest BCUT2D eigenvalue weighted by Gasteiger charge is -2.16. The van der Waals surface area contributed by atoms with Crippen molar-refractivity contribution in [3.63, 3.8) is 0 Å². The van der Waals surface area contributed by atoms with Crippen LogP contribution in [0.4, 0.5) is 0 Å². The van der Waals surface area contributed by atoms with Crippen molar-refractivity contribution in [1.82, 2.24) is 24.8 Å². The maximum Gasteiger partial charge on any atom is 0.272 e. The molecule has 0 spiro atoms. The van der Waals surface area contributed by atoms with Crippen molar-refractivity contribution in [2.45, 2.75) is 12.3 Å². The van der Waals surface area contributed by atoms with Crippen LogP contribution in [0.15, 0.2) is 53.6 Å². The highest BCUT2D eigenvalue weighted by Gasteiger charge is 2.30. The molecular formula is C20H19N5O3. The fraction of sp³-hybridized carbons (Fsp3) is 0.250. The number of H-pyrrole nitrogens is 1. The second-order valence-corrected chi connectivity index (χ2v) is 6.53. The zero-order valence-electron chi connectivity index (χ0n) is 15.3. The molecule has 3 aromatic heterocycles. The molecule has 1 atom stereocenters. The molecule has 1 aliphatic heterocycles. The summed E-state index contributed by atoms with van der Waals surface area (Å²) in [6.45, 7) is 1.07. The van der Waals surface area contributed by atoms with E-state index in [9.17, 15) is 9.59 Å². The van der Waals surface area contributed by atoms with Crippen LogP contribution in [0.2, 0.25) is 0 Å². The zero-order valence-corrected chi connectivity index (χ0v) is 15.3. The first kappa shape index (κ1) is 17.8. The minimum absolute atomic E-state index is 0.0528. The molecule has 28 heavy (non-hydrogen) atoms. The SMILES string of the molecule is COc1ncccc1-c1cc(=O)[nH]c([C@H]2CCN(C(=O)c3ccccn3)C2)n1. The van der Waals surface area contributed by atoms with Crippen LogP contribution in [0, 0.1) is 0 Å². The molecule has 0 aromatic carbocycles. The number of nitrogens with zero attached hydrogens (tertiary/aromatic N) is 4. The summed E-state index contributed by atoms with van der Waals surface area (Å²) >= 11 is 0. The summed E-state index contributed by atoms with van der Waals surface area (Å²) in [5.74, 6) is 0.799. The first-order valence-electron chi connectivity index (χ1n) is 8.96. The fourth-order valence-corrected chi connectivity index (χ4v) is 3.38. The number of amides is 1. The van der Waals surface area contributed by atoms with Gasteiger partial charge in [-0.1, -0.05) is 6.07 Å². The summed E-state index contributed by atoms with van der Waals surface area (Å²) in [5.41, 5.74) is 1.31. The van der Waals surface area contributed by atoms with Gasteiger partial charge in [0.05, 0.1) is 18.4 Å². The summed E-state index contributed by atoms with van der Waals surface area (Å²) in [7, 11) is 1.53. The average molecular weight is 377 g/mol. The molecular weight excluding hydrogens is 358 g/mol. The monoisotopic (exact) mass is 377 g/mol. The van der Waals surface area contributed by atoms with E-state index < -0.39 is 0 Å². The Labute approximate surface area is 161 Å². The smallest absolute Gasteiger partial charge is 0.272 e. The highest BCUT2D eigenvalue weighted by Crippen LogP contribution is 2.29. The number of likely N-dealkylation sites (tertiary alicyclic amines) is 1.